The fourth-order valence-corrected chi connectivity index (χ4v) is 8.71. The van der Waals surface area contributed by atoms with Gasteiger partial charge in [0, 0.05) is 51.1 Å². The predicted molar refractivity (Wildman–Crippen MR) is 269 cm³/mol. The molecule has 2 N–H and O–H groups in total. The van der Waals surface area contributed by atoms with Crippen molar-refractivity contribution in [2.45, 2.75) is 13.0 Å². The van der Waals surface area contributed by atoms with E-state index in [1.165, 1.54) is 10.8 Å². The van der Waals surface area contributed by atoms with Crippen LogP contribution in [0.25, 0.3) is 94.1 Å². The molecule has 0 spiro atoms. The first-order chi connectivity index (χ1) is 32.0. The average Bonchev–Trinajstić information content (AvgIpc) is 3.37. The number of hydrogen-bond acceptors (Lipinski definition) is 6. The van der Waals surface area contributed by atoms with Crippen LogP contribution in [-0.2, 0) is 0 Å². The van der Waals surface area contributed by atoms with Gasteiger partial charge in [-0.05, 0) is 87.1 Å². The summed E-state index contributed by atoms with van der Waals surface area (Å²) >= 11 is 0. The van der Waals surface area contributed by atoms with Crippen LogP contribution < -0.4 is 5.73 Å². The standard InChI is InChI=1S/C59H42N6/c1-38(49-20-10-16-41-12-2-6-18-50(41)49)63-56(47-32-45-14-4-8-22-54(45)61-36-47)34-53(60)43-28-24-39(25-29-43)40-26-30-44(31-27-40)57-35-58(48-33-46-15-5-9-23-55(46)62-37-48)65-59(64-57)52-21-11-17-42-13-3-7-19-51(42)52/h2-38H,60H2,1H3/b53-34-,63-56?. The number of nitrogens with two attached hydrogens (primary N) is 1. The summed E-state index contributed by atoms with van der Waals surface area (Å²) in [7, 11) is 0. The molecule has 11 rings (SSSR count). The van der Waals surface area contributed by atoms with Crippen molar-refractivity contribution >= 4 is 54.8 Å². The highest BCUT2D eigenvalue weighted by Crippen LogP contribution is 2.34. The maximum atomic E-state index is 6.93. The zero-order chi connectivity index (χ0) is 43.7. The molecule has 1 unspecified atom stereocenters. The Morgan fingerprint density at radius 3 is 1.74 bits per heavy atom. The van der Waals surface area contributed by atoms with Gasteiger partial charge in [-0.1, -0.05) is 170 Å². The normalized spacial score (nSPS) is 12.6. The van der Waals surface area contributed by atoms with Crippen molar-refractivity contribution in [2.24, 2.45) is 10.7 Å². The minimum Gasteiger partial charge on any atom is -0.398 e. The molecule has 11 aromatic rings. The molecule has 3 aromatic heterocycles. The van der Waals surface area contributed by atoms with E-state index in [0.717, 1.165) is 94.2 Å². The van der Waals surface area contributed by atoms with Gasteiger partial charge < -0.3 is 5.73 Å². The molecule has 0 amide bonds. The molecular weight excluding hydrogens is 793 g/mol. The van der Waals surface area contributed by atoms with E-state index in [1.54, 1.807) is 0 Å². The van der Waals surface area contributed by atoms with Gasteiger partial charge in [0.05, 0.1) is 34.2 Å². The van der Waals surface area contributed by atoms with Crippen LogP contribution in [0.4, 0.5) is 0 Å². The fourth-order valence-electron chi connectivity index (χ4n) is 8.71. The molecule has 0 fully saturated rings. The molecule has 3 heterocycles. The number of nitrogens with zero attached hydrogens (tertiary/aromatic N) is 5. The van der Waals surface area contributed by atoms with Gasteiger partial charge in [0.25, 0.3) is 0 Å². The van der Waals surface area contributed by atoms with E-state index in [9.17, 15) is 0 Å². The molecular formula is C59H42N6. The highest BCUT2D eigenvalue weighted by Gasteiger charge is 2.16. The lowest BCUT2D eigenvalue weighted by atomic mass is 9.98. The Morgan fingerprint density at radius 2 is 1.02 bits per heavy atom. The Hall–Kier alpha value is -8.61. The number of fused-ring (bicyclic) bond motifs is 4. The maximum absolute atomic E-state index is 6.93. The summed E-state index contributed by atoms with van der Waals surface area (Å²) in [6.45, 7) is 2.14. The van der Waals surface area contributed by atoms with Crippen LogP contribution in [0.1, 0.15) is 29.7 Å². The molecule has 8 aromatic carbocycles. The second-order valence-corrected chi connectivity index (χ2v) is 16.3. The summed E-state index contributed by atoms with van der Waals surface area (Å²) in [5.41, 5.74) is 19.9. The number of rotatable bonds is 9. The summed E-state index contributed by atoms with van der Waals surface area (Å²) in [6, 6.07) is 68.9. The van der Waals surface area contributed by atoms with Crippen molar-refractivity contribution in [3.63, 3.8) is 0 Å². The van der Waals surface area contributed by atoms with Gasteiger partial charge in [-0.25, -0.2) is 9.97 Å². The van der Waals surface area contributed by atoms with Gasteiger partial charge in [0.15, 0.2) is 5.82 Å². The van der Waals surface area contributed by atoms with Crippen molar-refractivity contribution in [1.29, 1.82) is 0 Å². The molecule has 0 aliphatic rings. The van der Waals surface area contributed by atoms with Crippen molar-refractivity contribution in [3.8, 4) is 45.0 Å². The van der Waals surface area contributed by atoms with Gasteiger partial charge in [-0.15, -0.1) is 0 Å². The second-order valence-electron chi connectivity index (χ2n) is 16.3. The number of benzene rings is 8. The Kier molecular flexibility index (Phi) is 10.2. The Bertz CT molecular complexity index is 3620. The Labute approximate surface area is 377 Å². The number of hydrogen-bond donors (Lipinski definition) is 1. The lowest BCUT2D eigenvalue weighted by Gasteiger charge is -2.14. The van der Waals surface area contributed by atoms with Crippen LogP contribution in [0, 0.1) is 0 Å². The fraction of sp³-hybridized carbons (Fsp3) is 0.0339. The van der Waals surface area contributed by atoms with Crippen LogP contribution in [0.3, 0.4) is 0 Å². The summed E-state index contributed by atoms with van der Waals surface area (Å²) < 4.78 is 0. The number of allylic oxidation sites excluding steroid dienone is 1. The quantitative estimate of drug-likeness (QED) is 0.146. The number of para-hydroxylation sites is 2. The van der Waals surface area contributed by atoms with Crippen LogP contribution in [0.15, 0.2) is 224 Å². The first kappa shape index (κ1) is 39.3. The monoisotopic (exact) mass is 834 g/mol. The zero-order valence-corrected chi connectivity index (χ0v) is 35.7. The first-order valence-electron chi connectivity index (χ1n) is 21.8. The topological polar surface area (TPSA) is 89.9 Å². The third-order valence-electron chi connectivity index (χ3n) is 12.2. The highest BCUT2D eigenvalue weighted by molar-refractivity contribution is 6.13. The summed E-state index contributed by atoms with van der Waals surface area (Å²) in [5, 5.41) is 6.73. The van der Waals surface area contributed by atoms with Crippen LogP contribution in [0.5, 0.6) is 0 Å². The maximum Gasteiger partial charge on any atom is 0.161 e. The lowest BCUT2D eigenvalue weighted by Crippen LogP contribution is -2.06. The van der Waals surface area contributed by atoms with Crippen LogP contribution in [-0.4, -0.2) is 25.6 Å². The molecule has 65 heavy (non-hydrogen) atoms. The van der Waals surface area contributed by atoms with E-state index in [0.29, 0.717) is 11.5 Å². The SMILES string of the molecule is CC(N=C(/C=C(\N)c1ccc(-c2ccc(-c3cc(-c4cnc5ccccc5c4)nc(-c4cccc5ccccc45)n3)cc2)cc1)c1cnc2ccccc2c1)c1cccc2ccccc12. The van der Waals surface area contributed by atoms with Crippen molar-refractivity contribution < 1.29 is 0 Å². The van der Waals surface area contributed by atoms with Gasteiger partial charge in [-0.3, -0.25) is 15.0 Å². The summed E-state index contributed by atoms with van der Waals surface area (Å²) in [4.78, 5) is 25.2. The molecule has 6 nitrogen and oxygen atoms in total. The molecule has 0 saturated carbocycles. The zero-order valence-electron chi connectivity index (χ0n) is 35.7. The Morgan fingerprint density at radius 1 is 0.477 bits per heavy atom. The van der Waals surface area contributed by atoms with E-state index in [2.05, 4.69) is 171 Å². The lowest BCUT2D eigenvalue weighted by molar-refractivity contribution is 0.830. The van der Waals surface area contributed by atoms with Crippen molar-refractivity contribution in [1.82, 2.24) is 19.9 Å². The van der Waals surface area contributed by atoms with E-state index in [1.807, 2.05) is 54.9 Å². The van der Waals surface area contributed by atoms with Crippen molar-refractivity contribution in [2.75, 3.05) is 0 Å². The van der Waals surface area contributed by atoms with Crippen LogP contribution in [0.2, 0.25) is 0 Å². The van der Waals surface area contributed by atoms with E-state index >= 15 is 0 Å². The minimum atomic E-state index is -0.133. The molecule has 308 valence electrons. The van der Waals surface area contributed by atoms with E-state index in [4.69, 9.17) is 30.7 Å². The average molecular weight is 835 g/mol. The van der Waals surface area contributed by atoms with Crippen LogP contribution >= 0.6 is 0 Å². The number of aliphatic imine (C=N–C) groups is 1. The smallest absolute Gasteiger partial charge is 0.161 e. The minimum absolute atomic E-state index is 0.133. The predicted octanol–water partition coefficient (Wildman–Crippen LogP) is 14.1. The highest BCUT2D eigenvalue weighted by atomic mass is 14.9. The third kappa shape index (κ3) is 7.90. The van der Waals surface area contributed by atoms with Crippen molar-refractivity contribution in [3.05, 3.63) is 235 Å². The molecule has 0 radical (unpaired) electrons. The van der Waals surface area contributed by atoms with Gasteiger partial charge in [0.1, 0.15) is 0 Å². The molecule has 0 saturated heterocycles. The van der Waals surface area contributed by atoms with Gasteiger partial charge in [-0.2, -0.15) is 0 Å². The second kappa shape index (κ2) is 16.9. The largest absolute Gasteiger partial charge is 0.398 e. The number of aromatic nitrogens is 4. The van der Waals surface area contributed by atoms with E-state index in [-0.39, 0.29) is 6.04 Å². The number of pyridine rings is 2. The first-order valence-corrected chi connectivity index (χ1v) is 21.8. The Balaban J connectivity index is 0.917. The van der Waals surface area contributed by atoms with Gasteiger partial charge in [0.2, 0.25) is 0 Å². The van der Waals surface area contributed by atoms with Gasteiger partial charge >= 0.3 is 0 Å². The third-order valence-corrected chi connectivity index (χ3v) is 12.2. The molecule has 0 aliphatic heterocycles. The molecule has 0 aliphatic carbocycles. The molecule has 6 heteroatoms. The van der Waals surface area contributed by atoms with E-state index < -0.39 is 0 Å². The molecule has 0 bridgehead atoms. The summed E-state index contributed by atoms with van der Waals surface area (Å²) in [6.07, 6.45) is 5.77. The summed E-state index contributed by atoms with van der Waals surface area (Å²) in [5.74, 6) is 0.667. The molecule has 1 atom stereocenters.